The van der Waals surface area contributed by atoms with E-state index in [1.165, 1.54) is 0 Å². The predicted octanol–water partition coefficient (Wildman–Crippen LogP) is 1.42. The second-order valence-electron chi connectivity index (χ2n) is 6.75. The van der Waals surface area contributed by atoms with E-state index in [0.29, 0.717) is 30.7 Å². The van der Waals surface area contributed by atoms with Crippen molar-refractivity contribution < 1.29 is 14.6 Å². The number of carboxylic acid groups (broad SMARTS) is 1. The SMILES string of the molecule is CCN(CC(=O)O)C1CC(Nc2nccc(NC3CCCOC3)n2)C1. The molecule has 0 amide bonds. The number of carboxylic acids is 1. The maximum absolute atomic E-state index is 10.9. The summed E-state index contributed by atoms with van der Waals surface area (Å²) in [6.07, 6.45) is 5.74. The molecule has 0 radical (unpaired) electrons. The number of hydrogen-bond donors (Lipinski definition) is 3. The number of likely N-dealkylation sites (N-methyl/N-ethyl adjacent to an activating group) is 1. The van der Waals surface area contributed by atoms with Crippen LogP contribution in [-0.2, 0) is 9.53 Å². The van der Waals surface area contributed by atoms with E-state index < -0.39 is 5.97 Å². The van der Waals surface area contributed by atoms with Crippen molar-refractivity contribution in [3.8, 4) is 0 Å². The lowest BCUT2D eigenvalue weighted by Gasteiger charge is -2.42. The van der Waals surface area contributed by atoms with Crippen molar-refractivity contribution in [2.24, 2.45) is 0 Å². The minimum Gasteiger partial charge on any atom is -0.480 e. The third-order valence-electron chi connectivity index (χ3n) is 4.88. The Morgan fingerprint density at radius 3 is 2.92 bits per heavy atom. The molecule has 1 unspecified atom stereocenters. The Bertz CT molecular complexity index is 573. The lowest BCUT2D eigenvalue weighted by Crippen LogP contribution is -2.51. The zero-order valence-corrected chi connectivity index (χ0v) is 14.6. The Morgan fingerprint density at radius 1 is 1.40 bits per heavy atom. The van der Waals surface area contributed by atoms with E-state index in [1.54, 1.807) is 6.20 Å². The number of aromatic nitrogens is 2. The van der Waals surface area contributed by atoms with E-state index in [9.17, 15) is 4.79 Å². The van der Waals surface area contributed by atoms with Crippen LogP contribution in [0.1, 0.15) is 32.6 Å². The van der Waals surface area contributed by atoms with E-state index in [-0.39, 0.29) is 6.54 Å². The molecule has 2 aliphatic rings. The fourth-order valence-corrected chi connectivity index (χ4v) is 3.43. The van der Waals surface area contributed by atoms with Gasteiger partial charge in [0.05, 0.1) is 19.2 Å². The Morgan fingerprint density at radius 2 is 2.24 bits per heavy atom. The van der Waals surface area contributed by atoms with E-state index in [1.807, 2.05) is 17.9 Å². The summed E-state index contributed by atoms with van der Waals surface area (Å²) >= 11 is 0. The molecule has 2 fully saturated rings. The van der Waals surface area contributed by atoms with Crippen LogP contribution in [0.5, 0.6) is 0 Å². The molecule has 8 nitrogen and oxygen atoms in total. The van der Waals surface area contributed by atoms with Crippen LogP contribution >= 0.6 is 0 Å². The van der Waals surface area contributed by atoms with Crippen molar-refractivity contribution in [3.63, 3.8) is 0 Å². The van der Waals surface area contributed by atoms with Gasteiger partial charge in [0.15, 0.2) is 0 Å². The van der Waals surface area contributed by atoms with Gasteiger partial charge < -0.3 is 20.5 Å². The molecule has 1 saturated heterocycles. The average Bonchev–Trinajstić information content (AvgIpc) is 2.57. The zero-order valence-electron chi connectivity index (χ0n) is 14.6. The van der Waals surface area contributed by atoms with Crippen LogP contribution in [-0.4, -0.2) is 70.4 Å². The van der Waals surface area contributed by atoms with Gasteiger partial charge in [-0.05, 0) is 38.3 Å². The molecule has 3 rings (SSSR count). The van der Waals surface area contributed by atoms with E-state index in [0.717, 1.165) is 44.7 Å². The van der Waals surface area contributed by atoms with Crippen molar-refractivity contribution in [3.05, 3.63) is 12.3 Å². The number of anilines is 2. The van der Waals surface area contributed by atoms with Crippen LogP contribution in [0.4, 0.5) is 11.8 Å². The first kappa shape index (κ1) is 17.9. The molecule has 1 aromatic heterocycles. The number of nitrogens with zero attached hydrogens (tertiary/aromatic N) is 3. The Balaban J connectivity index is 1.47. The molecule has 1 saturated carbocycles. The first-order valence-corrected chi connectivity index (χ1v) is 9.03. The maximum Gasteiger partial charge on any atom is 0.317 e. The number of rotatable bonds is 8. The maximum atomic E-state index is 10.9. The smallest absolute Gasteiger partial charge is 0.317 e. The quantitative estimate of drug-likeness (QED) is 0.648. The number of nitrogens with one attached hydrogen (secondary N) is 2. The third kappa shape index (κ3) is 5.02. The summed E-state index contributed by atoms with van der Waals surface area (Å²) in [5, 5.41) is 15.7. The number of hydrogen-bond acceptors (Lipinski definition) is 7. The van der Waals surface area contributed by atoms with Crippen LogP contribution in [0.3, 0.4) is 0 Å². The van der Waals surface area contributed by atoms with Gasteiger partial charge in [-0.15, -0.1) is 0 Å². The summed E-state index contributed by atoms with van der Waals surface area (Å²) in [6, 6.07) is 2.79. The van der Waals surface area contributed by atoms with Gasteiger partial charge in [-0.2, -0.15) is 4.98 Å². The summed E-state index contributed by atoms with van der Waals surface area (Å²) < 4.78 is 5.48. The van der Waals surface area contributed by atoms with Crippen molar-refractivity contribution >= 4 is 17.7 Å². The van der Waals surface area contributed by atoms with Crippen LogP contribution < -0.4 is 10.6 Å². The van der Waals surface area contributed by atoms with Crippen molar-refractivity contribution in [2.75, 3.05) is 36.9 Å². The highest BCUT2D eigenvalue weighted by molar-refractivity contribution is 5.69. The lowest BCUT2D eigenvalue weighted by atomic mass is 9.85. The zero-order chi connectivity index (χ0) is 17.6. The van der Waals surface area contributed by atoms with Crippen LogP contribution in [0.25, 0.3) is 0 Å². The third-order valence-corrected chi connectivity index (χ3v) is 4.88. The van der Waals surface area contributed by atoms with Gasteiger partial charge in [-0.3, -0.25) is 9.69 Å². The molecule has 1 atom stereocenters. The first-order chi connectivity index (χ1) is 12.1. The van der Waals surface area contributed by atoms with E-state index >= 15 is 0 Å². The standard InChI is InChI=1S/C17H27N5O3/c1-2-22(10-16(23)24)14-8-13(9-14)20-17-18-6-5-15(21-17)19-12-4-3-7-25-11-12/h5-6,12-14H,2-4,7-11H2,1H3,(H,23,24)(H2,18,19,20,21). The van der Waals surface area contributed by atoms with Crippen LogP contribution in [0, 0.1) is 0 Å². The number of aliphatic carboxylic acids is 1. The molecule has 8 heteroatoms. The molecular weight excluding hydrogens is 322 g/mol. The Kier molecular flexibility index (Phi) is 6.04. The highest BCUT2D eigenvalue weighted by Gasteiger charge is 2.34. The van der Waals surface area contributed by atoms with Gasteiger partial charge in [-0.25, -0.2) is 4.98 Å². The highest BCUT2D eigenvalue weighted by atomic mass is 16.5. The molecule has 1 aromatic rings. The van der Waals surface area contributed by atoms with Crippen molar-refractivity contribution in [1.29, 1.82) is 0 Å². The second-order valence-corrected chi connectivity index (χ2v) is 6.75. The predicted molar refractivity (Wildman–Crippen MR) is 94.8 cm³/mol. The number of ether oxygens (including phenoxy) is 1. The molecule has 0 bridgehead atoms. The topological polar surface area (TPSA) is 99.6 Å². The monoisotopic (exact) mass is 349 g/mol. The van der Waals surface area contributed by atoms with Gasteiger partial charge >= 0.3 is 5.97 Å². The van der Waals surface area contributed by atoms with E-state index in [4.69, 9.17) is 9.84 Å². The van der Waals surface area contributed by atoms with Crippen LogP contribution in [0.15, 0.2) is 12.3 Å². The number of carbonyl (C=O) groups is 1. The van der Waals surface area contributed by atoms with Gasteiger partial charge in [0, 0.05) is 24.9 Å². The average molecular weight is 349 g/mol. The normalized spacial score (nSPS) is 26.1. The molecular formula is C17H27N5O3. The second kappa shape index (κ2) is 8.44. The molecule has 2 heterocycles. The molecule has 138 valence electrons. The molecule has 0 aromatic carbocycles. The minimum absolute atomic E-state index is 0.104. The molecule has 1 aliphatic carbocycles. The minimum atomic E-state index is -0.771. The fraction of sp³-hybridized carbons (Fsp3) is 0.706. The van der Waals surface area contributed by atoms with Crippen molar-refractivity contribution in [2.45, 2.75) is 50.7 Å². The summed E-state index contributed by atoms with van der Waals surface area (Å²) in [7, 11) is 0. The summed E-state index contributed by atoms with van der Waals surface area (Å²) in [5.41, 5.74) is 0. The Labute approximate surface area is 148 Å². The van der Waals surface area contributed by atoms with Gasteiger partial charge in [0.1, 0.15) is 5.82 Å². The van der Waals surface area contributed by atoms with E-state index in [2.05, 4.69) is 20.6 Å². The molecule has 3 N–H and O–H groups in total. The first-order valence-electron chi connectivity index (χ1n) is 9.03. The Hall–Kier alpha value is -1.93. The fourth-order valence-electron chi connectivity index (χ4n) is 3.43. The van der Waals surface area contributed by atoms with Gasteiger partial charge in [-0.1, -0.05) is 6.92 Å². The largest absolute Gasteiger partial charge is 0.480 e. The molecule has 1 aliphatic heterocycles. The van der Waals surface area contributed by atoms with Gasteiger partial charge in [0.2, 0.25) is 5.95 Å². The highest BCUT2D eigenvalue weighted by Crippen LogP contribution is 2.28. The van der Waals surface area contributed by atoms with Gasteiger partial charge in [0.25, 0.3) is 0 Å². The lowest BCUT2D eigenvalue weighted by molar-refractivity contribution is -0.139. The molecule has 0 spiro atoms. The van der Waals surface area contributed by atoms with Crippen LogP contribution in [0.2, 0.25) is 0 Å². The summed E-state index contributed by atoms with van der Waals surface area (Å²) in [5.74, 6) is 0.656. The molecule has 25 heavy (non-hydrogen) atoms. The van der Waals surface area contributed by atoms with Crippen molar-refractivity contribution in [1.82, 2.24) is 14.9 Å². The summed E-state index contributed by atoms with van der Waals surface area (Å²) in [6.45, 7) is 4.41. The summed E-state index contributed by atoms with van der Waals surface area (Å²) in [4.78, 5) is 21.7.